The molecule has 1 aliphatic rings. The van der Waals surface area contributed by atoms with Gasteiger partial charge < -0.3 is 15.5 Å². The van der Waals surface area contributed by atoms with Crippen molar-refractivity contribution in [3.05, 3.63) is 29.3 Å². The molecule has 0 saturated carbocycles. The van der Waals surface area contributed by atoms with Crippen molar-refractivity contribution < 1.29 is 14.4 Å². The van der Waals surface area contributed by atoms with Gasteiger partial charge in [-0.2, -0.15) is 0 Å². The van der Waals surface area contributed by atoms with Crippen molar-refractivity contribution in [3.63, 3.8) is 0 Å². The number of nitrogens with zero attached hydrogens (tertiary/aromatic N) is 1. The van der Waals surface area contributed by atoms with Crippen molar-refractivity contribution in [1.29, 1.82) is 0 Å². The van der Waals surface area contributed by atoms with Crippen LogP contribution in [0.1, 0.15) is 12.8 Å². The first-order valence-corrected chi connectivity index (χ1v) is 6.94. The van der Waals surface area contributed by atoms with Crippen LogP contribution in [0.3, 0.4) is 0 Å². The molecule has 1 aromatic rings. The number of amides is 3. The number of hydrogen-bond acceptors (Lipinski definition) is 3. The molecule has 0 bridgehead atoms. The number of likely N-dealkylation sites (N-methyl/N-ethyl adjacent to an activating group) is 1. The highest BCUT2D eigenvalue weighted by Crippen LogP contribution is 2.20. The molecule has 7 heteroatoms. The Morgan fingerprint density at radius 3 is 2.76 bits per heavy atom. The zero-order chi connectivity index (χ0) is 15.4. The molecule has 2 rings (SSSR count). The Balaban J connectivity index is 1.89. The summed E-state index contributed by atoms with van der Waals surface area (Å²) in [6, 6.07) is 6.33. The van der Waals surface area contributed by atoms with E-state index >= 15 is 0 Å². The average molecular weight is 310 g/mol. The number of rotatable bonds is 4. The van der Waals surface area contributed by atoms with Crippen molar-refractivity contribution in [3.8, 4) is 0 Å². The predicted molar refractivity (Wildman–Crippen MR) is 78.9 cm³/mol. The molecule has 21 heavy (non-hydrogen) atoms. The first-order valence-electron chi connectivity index (χ1n) is 6.56. The molecule has 0 spiro atoms. The molecule has 0 aromatic heterocycles. The summed E-state index contributed by atoms with van der Waals surface area (Å²) in [5.41, 5.74) is 0.499. The summed E-state index contributed by atoms with van der Waals surface area (Å²) in [7, 11) is 1.53. The van der Waals surface area contributed by atoms with Gasteiger partial charge in [0.25, 0.3) is 0 Å². The van der Waals surface area contributed by atoms with Crippen molar-refractivity contribution in [2.75, 3.05) is 18.9 Å². The summed E-state index contributed by atoms with van der Waals surface area (Å²) in [6.45, 7) is -0.101. The van der Waals surface area contributed by atoms with E-state index in [0.29, 0.717) is 23.6 Å². The number of halogens is 1. The van der Waals surface area contributed by atoms with Crippen LogP contribution in [-0.4, -0.2) is 42.3 Å². The molecule has 1 atom stereocenters. The van der Waals surface area contributed by atoms with Crippen LogP contribution in [-0.2, 0) is 14.4 Å². The van der Waals surface area contributed by atoms with Crippen molar-refractivity contribution in [1.82, 2.24) is 10.2 Å². The highest BCUT2D eigenvalue weighted by molar-refractivity contribution is 6.33. The third kappa shape index (κ3) is 3.95. The van der Waals surface area contributed by atoms with Gasteiger partial charge in [-0.3, -0.25) is 14.4 Å². The van der Waals surface area contributed by atoms with Crippen LogP contribution in [0.15, 0.2) is 24.3 Å². The Morgan fingerprint density at radius 1 is 1.43 bits per heavy atom. The maximum atomic E-state index is 12.1. The minimum atomic E-state index is -0.532. The van der Waals surface area contributed by atoms with E-state index in [0.717, 1.165) is 0 Å². The van der Waals surface area contributed by atoms with Crippen LogP contribution < -0.4 is 10.6 Å². The van der Waals surface area contributed by atoms with Gasteiger partial charge in [0.1, 0.15) is 6.04 Å². The smallest absolute Gasteiger partial charge is 0.245 e. The fourth-order valence-electron chi connectivity index (χ4n) is 2.11. The van der Waals surface area contributed by atoms with Crippen molar-refractivity contribution in [2.24, 2.45) is 0 Å². The monoisotopic (exact) mass is 309 g/mol. The number of benzene rings is 1. The molecule has 3 amide bonds. The molecule has 0 radical (unpaired) electrons. The highest BCUT2D eigenvalue weighted by Gasteiger charge is 2.29. The van der Waals surface area contributed by atoms with Gasteiger partial charge in [0, 0.05) is 13.5 Å². The Bertz CT molecular complexity index is 576. The average Bonchev–Trinajstić information content (AvgIpc) is 2.87. The van der Waals surface area contributed by atoms with Crippen LogP contribution in [0.2, 0.25) is 5.02 Å². The van der Waals surface area contributed by atoms with Crippen LogP contribution in [0, 0.1) is 0 Å². The lowest BCUT2D eigenvalue weighted by Crippen LogP contribution is -2.45. The Morgan fingerprint density at radius 2 is 2.14 bits per heavy atom. The number of carbonyl (C=O) groups excluding carboxylic acids is 3. The van der Waals surface area contributed by atoms with E-state index in [1.165, 1.54) is 11.9 Å². The number of para-hydroxylation sites is 1. The van der Waals surface area contributed by atoms with E-state index in [2.05, 4.69) is 10.6 Å². The largest absolute Gasteiger partial charge is 0.344 e. The first-order chi connectivity index (χ1) is 9.97. The second kappa shape index (κ2) is 6.58. The standard InChI is InChI=1S/C14H16ClN3O3/c1-18(14(21)11-6-7-12(19)17-11)8-13(20)16-10-5-3-2-4-9(10)15/h2-5,11H,6-8H2,1H3,(H,16,20)(H,17,19). The molecule has 6 nitrogen and oxygen atoms in total. The molecule has 1 unspecified atom stereocenters. The molecular weight excluding hydrogens is 294 g/mol. The van der Waals surface area contributed by atoms with Gasteiger partial charge in [-0.25, -0.2) is 0 Å². The van der Waals surface area contributed by atoms with Gasteiger partial charge >= 0.3 is 0 Å². The summed E-state index contributed by atoms with van der Waals surface area (Å²) in [6.07, 6.45) is 0.810. The summed E-state index contributed by atoms with van der Waals surface area (Å²) >= 11 is 5.94. The minimum absolute atomic E-state index is 0.101. The lowest BCUT2D eigenvalue weighted by atomic mass is 10.2. The maximum Gasteiger partial charge on any atom is 0.245 e. The molecule has 1 heterocycles. The SMILES string of the molecule is CN(CC(=O)Nc1ccccc1Cl)C(=O)C1CCC(=O)N1. The van der Waals surface area contributed by atoms with Crippen LogP contribution >= 0.6 is 11.6 Å². The normalized spacial score (nSPS) is 17.2. The molecule has 2 N–H and O–H groups in total. The van der Waals surface area contributed by atoms with E-state index in [1.807, 2.05) is 0 Å². The summed E-state index contributed by atoms with van der Waals surface area (Å²) in [4.78, 5) is 36.4. The van der Waals surface area contributed by atoms with Crippen LogP contribution in [0.25, 0.3) is 0 Å². The van der Waals surface area contributed by atoms with Gasteiger partial charge in [-0.15, -0.1) is 0 Å². The Hall–Kier alpha value is -2.08. The first kappa shape index (κ1) is 15.3. The molecule has 0 aliphatic carbocycles. The van der Waals surface area contributed by atoms with E-state index in [9.17, 15) is 14.4 Å². The number of carbonyl (C=O) groups is 3. The molecule has 1 fully saturated rings. The second-order valence-corrected chi connectivity index (χ2v) is 5.29. The van der Waals surface area contributed by atoms with Gasteiger partial charge in [0.2, 0.25) is 17.7 Å². The summed E-state index contributed by atoms with van der Waals surface area (Å²) in [5, 5.41) is 5.66. The summed E-state index contributed by atoms with van der Waals surface area (Å²) in [5.74, 6) is -0.749. The van der Waals surface area contributed by atoms with E-state index in [4.69, 9.17) is 11.6 Å². The van der Waals surface area contributed by atoms with Crippen molar-refractivity contribution in [2.45, 2.75) is 18.9 Å². The van der Waals surface area contributed by atoms with Gasteiger partial charge in [0.05, 0.1) is 17.3 Å². The lowest BCUT2D eigenvalue weighted by Gasteiger charge is -2.20. The predicted octanol–water partition coefficient (Wildman–Crippen LogP) is 1.02. The second-order valence-electron chi connectivity index (χ2n) is 4.88. The van der Waals surface area contributed by atoms with E-state index < -0.39 is 6.04 Å². The maximum absolute atomic E-state index is 12.1. The number of hydrogen-bond donors (Lipinski definition) is 2. The Labute approximate surface area is 127 Å². The number of nitrogens with one attached hydrogen (secondary N) is 2. The molecule has 1 aromatic carbocycles. The molecular formula is C14H16ClN3O3. The highest BCUT2D eigenvalue weighted by atomic mass is 35.5. The van der Waals surface area contributed by atoms with Gasteiger partial charge in [0.15, 0.2) is 0 Å². The van der Waals surface area contributed by atoms with Crippen LogP contribution in [0.4, 0.5) is 5.69 Å². The number of anilines is 1. The minimum Gasteiger partial charge on any atom is -0.344 e. The molecule has 112 valence electrons. The quantitative estimate of drug-likeness (QED) is 0.871. The fraction of sp³-hybridized carbons (Fsp3) is 0.357. The van der Waals surface area contributed by atoms with E-state index in [-0.39, 0.29) is 24.3 Å². The van der Waals surface area contributed by atoms with Crippen LogP contribution in [0.5, 0.6) is 0 Å². The summed E-state index contributed by atoms with van der Waals surface area (Å²) < 4.78 is 0. The zero-order valence-electron chi connectivity index (χ0n) is 11.6. The van der Waals surface area contributed by atoms with E-state index in [1.54, 1.807) is 24.3 Å². The lowest BCUT2D eigenvalue weighted by molar-refractivity contribution is -0.135. The Kier molecular flexibility index (Phi) is 4.80. The zero-order valence-corrected chi connectivity index (χ0v) is 12.3. The fourth-order valence-corrected chi connectivity index (χ4v) is 2.29. The third-order valence-corrected chi connectivity index (χ3v) is 3.53. The molecule has 1 saturated heterocycles. The van der Waals surface area contributed by atoms with Gasteiger partial charge in [-0.1, -0.05) is 23.7 Å². The van der Waals surface area contributed by atoms with Crippen molar-refractivity contribution >= 4 is 35.0 Å². The van der Waals surface area contributed by atoms with Gasteiger partial charge in [-0.05, 0) is 18.6 Å². The third-order valence-electron chi connectivity index (χ3n) is 3.20. The molecule has 1 aliphatic heterocycles. The topological polar surface area (TPSA) is 78.5 Å².